The van der Waals surface area contributed by atoms with Gasteiger partial charge in [0.15, 0.2) is 0 Å². The molecule has 3 nitrogen and oxygen atoms in total. The zero-order valence-electron chi connectivity index (χ0n) is 13.6. The summed E-state index contributed by atoms with van der Waals surface area (Å²) in [6, 6.07) is 6.58. The van der Waals surface area contributed by atoms with Crippen molar-refractivity contribution < 1.29 is 17.9 Å². The van der Waals surface area contributed by atoms with E-state index in [4.69, 9.17) is 0 Å². The van der Waals surface area contributed by atoms with E-state index >= 15 is 0 Å². The number of piperidine rings is 3. The first-order valence-corrected chi connectivity index (χ1v) is 8.36. The summed E-state index contributed by atoms with van der Waals surface area (Å²) < 4.78 is 40.3. The summed E-state index contributed by atoms with van der Waals surface area (Å²) in [4.78, 5) is 2.53. The predicted octanol–water partition coefficient (Wildman–Crippen LogP) is 3.57. The maximum absolute atomic E-state index is 12.1. The molecule has 2 bridgehead atoms. The summed E-state index contributed by atoms with van der Waals surface area (Å²) in [5, 5.41) is 3.43. The number of nitrogens with zero attached hydrogens (tertiary/aromatic N) is 1. The van der Waals surface area contributed by atoms with Gasteiger partial charge in [-0.2, -0.15) is 0 Å². The standard InChI is InChI=1S/C18H23F3N2O/c1-2-14-12-23-8-7-15(14)9-16(23)11-22-10-13-3-5-17(6-4-13)24-18(19,20)21/h2-6,14-16,22H,1,7-12H2/t14-,15-,16+/m0/s1. The third-order valence-electron chi connectivity index (χ3n) is 5.10. The SMILES string of the molecule is C=C[C@H]1CN2CC[C@H]1C[C@@H]2CNCc1ccc(OC(F)(F)F)cc1. The number of fused-ring (bicyclic) bond motifs is 3. The molecule has 0 aromatic heterocycles. The molecule has 3 fully saturated rings. The van der Waals surface area contributed by atoms with Gasteiger partial charge in [0.05, 0.1) is 0 Å². The van der Waals surface area contributed by atoms with Crippen LogP contribution >= 0.6 is 0 Å². The van der Waals surface area contributed by atoms with Gasteiger partial charge >= 0.3 is 6.36 Å². The monoisotopic (exact) mass is 340 g/mol. The van der Waals surface area contributed by atoms with E-state index < -0.39 is 6.36 Å². The molecule has 0 amide bonds. The summed E-state index contributed by atoms with van der Waals surface area (Å²) in [6.45, 7) is 7.74. The number of ether oxygens (including phenoxy) is 1. The Morgan fingerprint density at radius 2 is 2.04 bits per heavy atom. The van der Waals surface area contributed by atoms with E-state index in [1.165, 1.54) is 25.0 Å². The lowest BCUT2D eigenvalue weighted by atomic mass is 9.75. The van der Waals surface area contributed by atoms with Crippen molar-refractivity contribution in [3.63, 3.8) is 0 Å². The summed E-state index contributed by atoms with van der Waals surface area (Å²) in [5.74, 6) is 1.19. The maximum atomic E-state index is 12.1. The van der Waals surface area contributed by atoms with E-state index in [1.54, 1.807) is 12.1 Å². The van der Waals surface area contributed by atoms with Gasteiger partial charge in [-0.1, -0.05) is 18.2 Å². The van der Waals surface area contributed by atoms with Crippen LogP contribution in [0.5, 0.6) is 5.75 Å². The minimum atomic E-state index is -4.64. The molecule has 0 radical (unpaired) electrons. The molecule has 3 aliphatic rings. The first-order valence-electron chi connectivity index (χ1n) is 8.36. The molecule has 1 aromatic rings. The fraction of sp³-hybridized carbons (Fsp3) is 0.556. The molecule has 0 aliphatic carbocycles. The van der Waals surface area contributed by atoms with Crippen LogP contribution in [0.4, 0.5) is 13.2 Å². The Morgan fingerprint density at radius 3 is 2.62 bits per heavy atom. The molecule has 3 saturated heterocycles. The van der Waals surface area contributed by atoms with Gasteiger partial charge < -0.3 is 10.1 Å². The topological polar surface area (TPSA) is 24.5 Å². The van der Waals surface area contributed by atoms with Gasteiger partial charge in [-0.25, -0.2) is 0 Å². The number of halogens is 3. The minimum Gasteiger partial charge on any atom is -0.406 e. The molecule has 4 rings (SSSR count). The maximum Gasteiger partial charge on any atom is 0.573 e. The van der Waals surface area contributed by atoms with Crippen LogP contribution in [-0.2, 0) is 6.54 Å². The predicted molar refractivity (Wildman–Crippen MR) is 86.6 cm³/mol. The third kappa shape index (κ3) is 4.30. The number of nitrogens with one attached hydrogen (secondary N) is 1. The second-order valence-corrected chi connectivity index (χ2v) is 6.66. The molecule has 1 N–H and O–H groups in total. The highest BCUT2D eigenvalue weighted by Gasteiger charge is 2.38. The highest BCUT2D eigenvalue weighted by atomic mass is 19.4. The second-order valence-electron chi connectivity index (χ2n) is 6.66. The normalized spacial score (nSPS) is 29.5. The molecule has 132 valence electrons. The fourth-order valence-electron chi connectivity index (χ4n) is 3.85. The van der Waals surface area contributed by atoms with Crippen molar-refractivity contribution in [2.24, 2.45) is 11.8 Å². The van der Waals surface area contributed by atoms with E-state index in [-0.39, 0.29) is 5.75 Å². The van der Waals surface area contributed by atoms with Crippen molar-refractivity contribution in [1.82, 2.24) is 10.2 Å². The molecule has 1 aromatic carbocycles. The Labute approximate surface area is 140 Å². The van der Waals surface area contributed by atoms with Crippen molar-refractivity contribution >= 4 is 0 Å². The Morgan fingerprint density at radius 1 is 1.29 bits per heavy atom. The molecular formula is C18H23F3N2O. The molecule has 24 heavy (non-hydrogen) atoms. The van der Waals surface area contributed by atoms with Crippen LogP contribution in [0.1, 0.15) is 18.4 Å². The van der Waals surface area contributed by atoms with Crippen molar-refractivity contribution in [1.29, 1.82) is 0 Å². The summed E-state index contributed by atoms with van der Waals surface area (Å²) in [7, 11) is 0. The van der Waals surface area contributed by atoms with E-state index in [9.17, 15) is 13.2 Å². The average molecular weight is 340 g/mol. The van der Waals surface area contributed by atoms with E-state index in [0.717, 1.165) is 31.1 Å². The quantitative estimate of drug-likeness (QED) is 0.801. The van der Waals surface area contributed by atoms with Gasteiger partial charge in [0.25, 0.3) is 0 Å². The number of benzene rings is 1. The summed E-state index contributed by atoms with van der Waals surface area (Å²) >= 11 is 0. The van der Waals surface area contributed by atoms with Crippen molar-refractivity contribution in [3.05, 3.63) is 42.5 Å². The lowest BCUT2D eigenvalue weighted by molar-refractivity contribution is -0.274. The van der Waals surface area contributed by atoms with Crippen LogP contribution in [0.15, 0.2) is 36.9 Å². The number of rotatable bonds is 6. The molecule has 3 heterocycles. The van der Waals surface area contributed by atoms with Crippen molar-refractivity contribution in [3.8, 4) is 5.75 Å². The van der Waals surface area contributed by atoms with Crippen LogP contribution in [0.25, 0.3) is 0 Å². The number of hydrogen-bond acceptors (Lipinski definition) is 3. The number of alkyl halides is 3. The van der Waals surface area contributed by atoms with Crippen LogP contribution in [0.2, 0.25) is 0 Å². The zero-order chi connectivity index (χ0) is 17.2. The highest BCUT2D eigenvalue weighted by Crippen LogP contribution is 2.36. The van der Waals surface area contributed by atoms with Crippen LogP contribution in [0, 0.1) is 11.8 Å². The van der Waals surface area contributed by atoms with Crippen LogP contribution in [0.3, 0.4) is 0 Å². The van der Waals surface area contributed by atoms with Crippen molar-refractivity contribution in [2.45, 2.75) is 31.8 Å². The first-order chi connectivity index (χ1) is 11.4. The molecule has 6 heteroatoms. The van der Waals surface area contributed by atoms with E-state index in [2.05, 4.69) is 27.6 Å². The molecule has 4 atom stereocenters. The van der Waals surface area contributed by atoms with E-state index in [0.29, 0.717) is 18.5 Å². The molecule has 0 spiro atoms. The smallest absolute Gasteiger partial charge is 0.406 e. The Bertz CT molecular complexity index is 558. The first kappa shape index (κ1) is 17.3. The Kier molecular flexibility index (Phi) is 5.15. The zero-order valence-corrected chi connectivity index (χ0v) is 13.6. The van der Waals surface area contributed by atoms with Crippen molar-refractivity contribution in [2.75, 3.05) is 19.6 Å². The molecule has 3 aliphatic heterocycles. The Hall–Kier alpha value is -1.53. The fourth-order valence-corrected chi connectivity index (χ4v) is 3.85. The Balaban J connectivity index is 1.45. The molecular weight excluding hydrogens is 317 g/mol. The van der Waals surface area contributed by atoms with Crippen LogP contribution < -0.4 is 10.1 Å². The third-order valence-corrected chi connectivity index (χ3v) is 5.10. The average Bonchev–Trinajstić information content (AvgIpc) is 2.55. The van der Waals surface area contributed by atoms with E-state index in [1.807, 2.05) is 0 Å². The lowest BCUT2D eigenvalue weighted by Crippen LogP contribution is -2.55. The van der Waals surface area contributed by atoms with Crippen LogP contribution in [-0.4, -0.2) is 36.9 Å². The van der Waals surface area contributed by atoms with Gasteiger partial charge in [-0.05, 0) is 48.9 Å². The molecule has 1 unspecified atom stereocenters. The minimum absolute atomic E-state index is 0.183. The lowest BCUT2D eigenvalue weighted by Gasteiger charge is -2.49. The van der Waals surface area contributed by atoms with Gasteiger partial charge in [-0.15, -0.1) is 19.8 Å². The van der Waals surface area contributed by atoms with Gasteiger partial charge in [0.1, 0.15) is 5.75 Å². The second kappa shape index (κ2) is 7.15. The largest absolute Gasteiger partial charge is 0.573 e. The van der Waals surface area contributed by atoms with Gasteiger partial charge in [0.2, 0.25) is 0 Å². The highest BCUT2D eigenvalue weighted by molar-refractivity contribution is 5.27. The number of hydrogen-bond donors (Lipinski definition) is 1. The summed E-state index contributed by atoms with van der Waals surface area (Å²) in [5.41, 5.74) is 0.949. The summed E-state index contributed by atoms with van der Waals surface area (Å²) in [6.07, 6.45) is -0.0985. The molecule has 0 saturated carbocycles. The van der Waals surface area contributed by atoms with Gasteiger partial charge in [0, 0.05) is 25.7 Å². The van der Waals surface area contributed by atoms with Gasteiger partial charge in [-0.3, -0.25) is 4.90 Å².